The molecule has 9 aromatic rings. The van der Waals surface area contributed by atoms with Crippen LogP contribution in [0.1, 0.15) is 22.8 Å². The van der Waals surface area contributed by atoms with Gasteiger partial charge < -0.3 is 9.32 Å². The molecule has 0 spiro atoms. The van der Waals surface area contributed by atoms with E-state index in [-0.39, 0.29) is 12.0 Å². The maximum Gasteiger partial charge on any atom is 0.164 e. The van der Waals surface area contributed by atoms with Gasteiger partial charge in [0.05, 0.1) is 6.04 Å². The molecule has 1 aliphatic heterocycles. The van der Waals surface area contributed by atoms with Crippen molar-refractivity contribution in [3.8, 4) is 56.4 Å². The first-order valence-electron chi connectivity index (χ1n) is 19.0. The Bertz CT molecular complexity index is 2920. The van der Waals surface area contributed by atoms with Gasteiger partial charge in [-0.1, -0.05) is 158 Å². The Morgan fingerprint density at radius 3 is 1.70 bits per heavy atom. The highest BCUT2D eigenvalue weighted by Crippen LogP contribution is 2.53. The molecule has 0 fully saturated rings. The Hall–Kier alpha value is -7.37. The zero-order chi connectivity index (χ0) is 37.0. The number of fused-ring (bicyclic) bond motifs is 7. The molecule has 0 N–H and O–H groups in total. The van der Waals surface area contributed by atoms with Crippen molar-refractivity contribution in [1.29, 1.82) is 0 Å². The SMILES string of the molecule is C1=CC2C(c3ccccc3N2c2ccc(-c3ccccc3)cc2)c2c1oc1cc(-c3nc(-c4ccccc4)nc(-c4cccc(-c5ccccc5)c4)n3)ccc21. The molecule has 2 unspecified atom stereocenters. The van der Waals surface area contributed by atoms with E-state index in [2.05, 4.69) is 163 Å². The van der Waals surface area contributed by atoms with Gasteiger partial charge in [0, 0.05) is 44.9 Å². The summed E-state index contributed by atoms with van der Waals surface area (Å²) in [4.78, 5) is 17.6. The monoisotopic (exact) mass is 718 g/mol. The Morgan fingerprint density at radius 1 is 0.446 bits per heavy atom. The molecule has 5 nitrogen and oxygen atoms in total. The van der Waals surface area contributed by atoms with Crippen LogP contribution in [0.2, 0.25) is 0 Å². The summed E-state index contributed by atoms with van der Waals surface area (Å²) < 4.78 is 6.70. The third-order valence-corrected chi connectivity index (χ3v) is 11.1. The lowest BCUT2D eigenvalue weighted by Crippen LogP contribution is -2.30. The van der Waals surface area contributed by atoms with Crippen LogP contribution in [0.3, 0.4) is 0 Å². The molecule has 0 radical (unpaired) electrons. The number of hydrogen-bond acceptors (Lipinski definition) is 5. The number of aromatic nitrogens is 3. The van der Waals surface area contributed by atoms with Gasteiger partial charge in [-0.25, -0.2) is 15.0 Å². The molecule has 2 aliphatic rings. The first-order valence-corrected chi connectivity index (χ1v) is 19.0. The number of anilines is 2. The Kier molecular flexibility index (Phi) is 7.56. The standard InChI is InChI=1S/C51H34N4O/c1-4-13-33(14-5-1)35-23-26-40(27-24-35)55-43-22-11-10-21-41(43)47-44(55)29-30-45-48(47)42-28-25-39(32-46(42)56-45)51-53-49(36-17-8-3-9-18-36)52-50(54-51)38-20-12-19-37(31-38)34-15-6-2-7-16-34/h1-32,44,47H. The molecule has 264 valence electrons. The highest BCUT2D eigenvalue weighted by Gasteiger charge is 2.43. The predicted molar refractivity (Wildman–Crippen MR) is 226 cm³/mol. The molecular weight excluding hydrogens is 685 g/mol. The second-order valence-corrected chi connectivity index (χ2v) is 14.4. The van der Waals surface area contributed by atoms with Crippen molar-refractivity contribution in [2.75, 3.05) is 4.90 Å². The fourth-order valence-corrected chi connectivity index (χ4v) is 8.47. The summed E-state index contributed by atoms with van der Waals surface area (Å²) >= 11 is 0. The third-order valence-electron chi connectivity index (χ3n) is 11.1. The van der Waals surface area contributed by atoms with E-state index in [9.17, 15) is 0 Å². The van der Waals surface area contributed by atoms with E-state index in [4.69, 9.17) is 19.4 Å². The summed E-state index contributed by atoms with van der Waals surface area (Å²) in [5.74, 6) is 2.85. The van der Waals surface area contributed by atoms with Crippen LogP contribution in [0.5, 0.6) is 0 Å². The summed E-state index contributed by atoms with van der Waals surface area (Å²) in [5.41, 5.74) is 13.1. The van der Waals surface area contributed by atoms with Crippen LogP contribution in [0.25, 0.3) is 73.5 Å². The molecule has 56 heavy (non-hydrogen) atoms. The van der Waals surface area contributed by atoms with Crippen LogP contribution >= 0.6 is 0 Å². The van der Waals surface area contributed by atoms with E-state index in [1.165, 1.54) is 33.6 Å². The quantitative estimate of drug-likeness (QED) is 0.171. The van der Waals surface area contributed by atoms with E-state index in [0.29, 0.717) is 17.5 Å². The van der Waals surface area contributed by atoms with Gasteiger partial charge in [-0.05, 0) is 64.2 Å². The molecule has 0 bridgehead atoms. The van der Waals surface area contributed by atoms with Crippen LogP contribution in [0, 0.1) is 0 Å². The normalized spacial score (nSPS) is 15.4. The average molecular weight is 719 g/mol. The number of hydrogen-bond donors (Lipinski definition) is 0. The molecule has 11 rings (SSSR count). The maximum absolute atomic E-state index is 6.70. The van der Waals surface area contributed by atoms with Gasteiger partial charge in [-0.15, -0.1) is 0 Å². The van der Waals surface area contributed by atoms with Crippen LogP contribution in [0.4, 0.5) is 11.4 Å². The smallest absolute Gasteiger partial charge is 0.164 e. The van der Waals surface area contributed by atoms with Gasteiger partial charge in [0.25, 0.3) is 0 Å². The molecule has 5 heteroatoms. The molecule has 2 aromatic heterocycles. The summed E-state index contributed by atoms with van der Waals surface area (Å²) in [6, 6.07) is 63.7. The zero-order valence-corrected chi connectivity index (χ0v) is 30.3. The summed E-state index contributed by atoms with van der Waals surface area (Å²) in [7, 11) is 0. The van der Waals surface area contributed by atoms with Crippen LogP contribution in [0.15, 0.2) is 192 Å². The van der Waals surface area contributed by atoms with E-state index >= 15 is 0 Å². The molecule has 0 amide bonds. The summed E-state index contributed by atoms with van der Waals surface area (Å²) in [6.45, 7) is 0. The number of furan rings is 1. The van der Waals surface area contributed by atoms with Gasteiger partial charge in [-0.2, -0.15) is 0 Å². The first kappa shape index (κ1) is 32.1. The number of rotatable bonds is 6. The Morgan fingerprint density at radius 2 is 0.982 bits per heavy atom. The molecule has 0 saturated carbocycles. The molecule has 0 saturated heterocycles. The zero-order valence-electron chi connectivity index (χ0n) is 30.3. The molecule has 1 aliphatic carbocycles. The predicted octanol–water partition coefficient (Wildman–Crippen LogP) is 12.6. The minimum atomic E-state index is 0.106. The highest BCUT2D eigenvalue weighted by atomic mass is 16.3. The van der Waals surface area contributed by atoms with Gasteiger partial charge in [0.1, 0.15) is 11.3 Å². The van der Waals surface area contributed by atoms with Crippen molar-refractivity contribution in [2.24, 2.45) is 0 Å². The second kappa shape index (κ2) is 13.2. The van der Waals surface area contributed by atoms with Crippen molar-refractivity contribution in [3.63, 3.8) is 0 Å². The van der Waals surface area contributed by atoms with Crippen LogP contribution in [-0.4, -0.2) is 21.0 Å². The minimum Gasteiger partial charge on any atom is -0.456 e. The molecule has 2 atom stereocenters. The van der Waals surface area contributed by atoms with Crippen molar-refractivity contribution >= 4 is 28.4 Å². The first-order chi connectivity index (χ1) is 27.7. The summed E-state index contributed by atoms with van der Waals surface area (Å²) in [5, 5.41) is 1.10. The van der Waals surface area contributed by atoms with Crippen LogP contribution < -0.4 is 4.90 Å². The molecule has 7 aromatic carbocycles. The fourth-order valence-electron chi connectivity index (χ4n) is 8.47. The lowest BCUT2D eigenvalue weighted by molar-refractivity contribution is 0.584. The van der Waals surface area contributed by atoms with Crippen molar-refractivity contribution in [3.05, 3.63) is 205 Å². The lowest BCUT2D eigenvalue weighted by atomic mass is 9.82. The largest absolute Gasteiger partial charge is 0.456 e. The van der Waals surface area contributed by atoms with E-state index in [1.807, 2.05) is 36.4 Å². The third kappa shape index (κ3) is 5.44. The van der Waals surface area contributed by atoms with Gasteiger partial charge in [0.15, 0.2) is 17.5 Å². The van der Waals surface area contributed by atoms with E-state index in [1.54, 1.807) is 0 Å². The minimum absolute atomic E-state index is 0.106. The van der Waals surface area contributed by atoms with Gasteiger partial charge in [0.2, 0.25) is 0 Å². The summed E-state index contributed by atoms with van der Waals surface area (Å²) in [6.07, 6.45) is 4.46. The Balaban J connectivity index is 0.991. The highest BCUT2D eigenvalue weighted by molar-refractivity contribution is 5.92. The van der Waals surface area contributed by atoms with Gasteiger partial charge in [-0.3, -0.25) is 0 Å². The maximum atomic E-state index is 6.70. The average Bonchev–Trinajstić information content (AvgIpc) is 3.82. The van der Waals surface area contributed by atoms with Gasteiger partial charge >= 0.3 is 0 Å². The van der Waals surface area contributed by atoms with E-state index in [0.717, 1.165) is 44.5 Å². The van der Waals surface area contributed by atoms with Crippen LogP contribution in [-0.2, 0) is 0 Å². The number of nitrogens with zero attached hydrogens (tertiary/aromatic N) is 4. The topological polar surface area (TPSA) is 55.1 Å². The fraction of sp³-hybridized carbons (Fsp3) is 0.0392. The van der Waals surface area contributed by atoms with Crippen molar-refractivity contribution in [2.45, 2.75) is 12.0 Å². The van der Waals surface area contributed by atoms with Crippen molar-refractivity contribution in [1.82, 2.24) is 15.0 Å². The molecule has 3 heterocycles. The molecular formula is C51H34N4O. The number of benzene rings is 7. The second-order valence-electron chi connectivity index (χ2n) is 14.4. The lowest BCUT2D eigenvalue weighted by Gasteiger charge is -2.30. The van der Waals surface area contributed by atoms with Crippen molar-refractivity contribution < 1.29 is 4.42 Å². The Labute approximate surface area is 324 Å². The van der Waals surface area contributed by atoms with E-state index < -0.39 is 0 Å². The number of para-hydroxylation sites is 1.